The number of methoxy groups -OCH3 is 2. The van der Waals surface area contributed by atoms with Crippen molar-refractivity contribution in [2.75, 3.05) is 40.5 Å². The van der Waals surface area contributed by atoms with Gasteiger partial charge in [-0.1, -0.05) is 11.6 Å². The van der Waals surface area contributed by atoms with E-state index in [1.165, 1.54) is 22.7 Å². The van der Waals surface area contributed by atoms with Gasteiger partial charge in [-0.15, -0.1) is 11.3 Å². The maximum atomic E-state index is 13.0. The average molecular weight is 570 g/mol. The number of allylic oxidation sites excluding steroid dienone is 2. The molecule has 1 aromatic heterocycles. The van der Waals surface area contributed by atoms with Crippen LogP contribution in [0.25, 0.3) is 11.3 Å². The molecule has 2 aromatic carbocycles. The predicted octanol–water partition coefficient (Wildman–Crippen LogP) is 5.38. The first-order valence-electron chi connectivity index (χ1n) is 13.3. The molecule has 208 valence electrons. The van der Waals surface area contributed by atoms with E-state index >= 15 is 0 Å². The lowest BCUT2D eigenvalue weighted by Gasteiger charge is -2.26. The molecule has 0 spiro atoms. The van der Waals surface area contributed by atoms with Crippen LogP contribution in [0.4, 0.5) is 5.69 Å². The molecule has 1 saturated heterocycles. The van der Waals surface area contributed by atoms with E-state index in [1.54, 1.807) is 49.8 Å². The number of hydrogen-bond acceptors (Lipinski definition) is 7. The van der Waals surface area contributed by atoms with Crippen molar-refractivity contribution >= 4 is 27.0 Å². The fourth-order valence-electron chi connectivity index (χ4n) is 4.99. The second kappa shape index (κ2) is 12.5. The number of aromatic nitrogens is 1. The summed E-state index contributed by atoms with van der Waals surface area (Å²) in [7, 11) is -0.237. The van der Waals surface area contributed by atoms with E-state index in [1.807, 2.05) is 18.2 Å². The van der Waals surface area contributed by atoms with Crippen LogP contribution < -0.4 is 14.3 Å². The Morgan fingerprint density at radius 1 is 1.03 bits per heavy atom. The lowest BCUT2D eigenvalue weighted by Crippen LogP contribution is -2.40. The van der Waals surface area contributed by atoms with Gasteiger partial charge in [-0.05, 0) is 68.5 Å². The minimum atomic E-state index is -3.55. The fourth-order valence-corrected chi connectivity index (χ4v) is 7.34. The summed E-state index contributed by atoms with van der Waals surface area (Å²) in [5.74, 6) is 1.48. The molecule has 39 heavy (non-hydrogen) atoms. The summed E-state index contributed by atoms with van der Waals surface area (Å²) < 4.78 is 46.2. The Bertz CT molecular complexity index is 1480. The van der Waals surface area contributed by atoms with E-state index in [2.05, 4.69) is 16.0 Å². The minimum absolute atomic E-state index is 0.273. The van der Waals surface area contributed by atoms with Crippen molar-refractivity contribution in [3.05, 3.63) is 64.3 Å². The molecular weight excluding hydrogens is 534 g/mol. The minimum Gasteiger partial charge on any atom is -0.497 e. The van der Waals surface area contributed by atoms with E-state index < -0.39 is 10.0 Å². The highest BCUT2D eigenvalue weighted by Crippen LogP contribution is 2.34. The maximum absolute atomic E-state index is 13.0. The normalized spacial score (nSPS) is 17.2. The topological polar surface area (TPSA) is 82.4 Å². The van der Waals surface area contributed by atoms with Gasteiger partial charge in [-0.25, -0.2) is 13.4 Å². The zero-order chi connectivity index (χ0) is 27.2. The second-order valence-electron chi connectivity index (χ2n) is 9.60. The van der Waals surface area contributed by atoms with Crippen molar-refractivity contribution < 1.29 is 22.6 Å². The Morgan fingerprint density at radius 2 is 1.82 bits per heavy atom. The smallest absolute Gasteiger partial charge is 0.243 e. The monoisotopic (exact) mass is 569 g/mol. The average Bonchev–Trinajstić information content (AvgIpc) is 3.38. The molecule has 0 saturated carbocycles. The first kappa shape index (κ1) is 27.6. The quantitative estimate of drug-likeness (QED) is 0.323. The van der Waals surface area contributed by atoms with Crippen molar-refractivity contribution in [2.45, 2.75) is 43.5 Å². The summed E-state index contributed by atoms with van der Waals surface area (Å²) >= 11 is 1.56. The van der Waals surface area contributed by atoms with Crippen LogP contribution in [0.5, 0.6) is 11.5 Å². The molecule has 0 unspecified atom stereocenters. The molecule has 1 fully saturated rings. The Kier molecular flexibility index (Phi) is 8.86. The van der Waals surface area contributed by atoms with Crippen LogP contribution in [-0.4, -0.2) is 57.8 Å². The molecule has 0 amide bonds. The third kappa shape index (κ3) is 6.30. The van der Waals surface area contributed by atoms with Gasteiger partial charge < -0.3 is 18.8 Å². The molecule has 0 atom stereocenters. The van der Waals surface area contributed by atoms with Gasteiger partial charge in [0.2, 0.25) is 10.0 Å². The summed E-state index contributed by atoms with van der Waals surface area (Å²) in [6.45, 7) is 2.38. The van der Waals surface area contributed by atoms with Gasteiger partial charge in [0.05, 0.1) is 43.7 Å². The third-order valence-corrected chi connectivity index (χ3v) is 9.97. The summed E-state index contributed by atoms with van der Waals surface area (Å²) in [6, 6.07) is 12.7. The highest BCUT2D eigenvalue weighted by atomic mass is 32.2. The molecule has 0 radical (unpaired) electrons. The molecule has 8 nitrogen and oxygen atoms in total. The lowest BCUT2D eigenvalue weighted by atomic mass is 9.97. The summed E-state index contributed by atoms with van der Waals surface area (Å²) in [6.07, 6.45) is 8.16. The van der Waals surface area contributed by atoms with Crippen molar-refractivity contribution in [2.24, 2.45) is 4.99 Å². The van der Waals surface area contributed by atoms with E-state index in [0.717, 1.165) is 53.4 Å². The summed E-state index contributed by atoms with van der Waals surface area (Å²) in [5.41, 5.74) is 4.20. The largest absolute Gasteiger partial charge is 0.497 e. The number of benzene rings is 2. The van der Waals surface area contributed by atoms with Crippen molar-refractivity contribution in [1.29, 1.82) is 0 Å². The number of rotatable bonds is 9. The molecular formula is C29H35N3O5S2. The van der Waals surface area contributed by atoms with Crippen LogP contribution >= 0.6 is 11.3 Å². The van der Waals surface area contributed by atoms with Crippen LogP contribution in [0.15, 0.2) is 69.4 Å². The van der Waals surface area contributed by atoms with Crippen LogP contribution in [0.3, 0.4) is 0 Å². The number of nitrogens with zero attached hydrogens (tertiary/aromatic N) is 3. The number of ether oxygens (including phenoxy) is 3. The standard InChI is InChI=1S/C29H35N3O5S2/c1-35-24-10-13-26(28(20-24)36-2)27-21-38-29(32(27)15-14-22-6-4-3-5-7-22)30-23-8-11-25(12-9-23)39(33,34)31-16-18-37-19-17-31/h6,8-13,20-21H,3-5,7,14-19H2,1-2H3. The molecule has 10 heteroatoms. The van der Waals surface area contributed by atoms with Crippen molar-refractivity contribution in [1.82, 2.24) is 8.87 Å². The van der Waals surface area contributed by atoms with Crippen LogP contribution in [-0.2, 0) is 21.3 Å². The van der Waals surface area contributed by atoms with E-state index in [-0.39, 0.29) is 4.90 Å². The molecule has 3 aromatic rings. The van der Waals surface area contributed by atoms with Crippen molar-refractivity contribution in [3.63, 3.8) is 0 Å². The van der Waals surface area contributed by atoms with Crippen LogP contribution in [0, 0.1) is 0 Å². The van der Waals surface area contributed by atoms with E-state index in [0.29, 0.717) is 32.0 Å². The van der Waals surface area contributed by atoms with Crippen LogP contribution in [0.1, 0.15) is 32.1 Å². The van der Waals surface area contributed by atoms with E-state index in [4.69, 9.17) is 19.2 Å². The molecule has 1 aliphatic carbocycles. The van der Waals surface area contributed by atoms with Crippen LogP contribution in [0.2, 0.25) is 0 Å². The SMILES string of the molecule is COc1ccc(-c2csc(=Nc3ccc(S(=O)(=O)N4CCOCC4)cc3)n2CCC2=CCCCC2)c(OC)c1. The fraction of sp³-hybridized carbons (Fsp3) is 0.414. The Labute approximate surface area is 234 Å². The lowest BCUT2D eigenvalue weighted by molar-refractivity contribution is 0.0730. The van der Waals surface area contributed by atoms with Gasteiger partial charge in [-0.2, -0.15) is 4.31 Å². The Balaban J connectivity index is 1.49. The molecule has 2 heterocycles. The van der Waals surface area contributed by atoms with Gasteiger partial charge in [0, 0.05) is 36.6 Å². The van der Waals surface area contributed by atoms with Gasteiger partial charge in [0.15, 0.2) is 4.80 Å². The number of sulfonamides is 1. The van der Waals surface area contributed by atoms with Gasteiger partial charge in [0.25, 0.3) is 0 Å². The zero-order valence-electron chi connectivity index (χ0n) is 22.5. The number of morpholine rings is 1. The molecule has 0 bridgehead atoms. The van der Waals surface area contributed by atoms with Gasteiger partial charge in [-0.3, -0.25) is 0 Å². The predicted molar refractivity (Wildman–Crippen MR) is 153 cm³/mol. The van der Waals surface area contributed by atoms with E-state index in [9.17, 15) is 8.42 Å². The Hall–Kier alpha value is -2.92. The van der Waals surface area contributed by atoms with Gasteiger partial charge >= 0.3 is 0 Å². The summed E-state index contributed by atoms with van der Waals surface area (Å²) in [4.78, 5) is 6.07. The molecule has 1 aliphatic heterocycles. The molecule has 0 N–H and O–H groups in total. The second-order valence-corrected chi connectivity index (χ2v) is 12.4. The first-order chi connectivity index (χ1) is 19.0. The highest BCUT2D eigenvalue weighted by molar-refractivity contribution is 7.89. The van der Waals surface area contributed by atoms with Crippen molar-refractivity contribution in [3.8, 4) is 22.8 Å². The maximum Gasteiger partial charge on any atom is 0.243 e. The first-order valence-corrected chi connectivity index (χ1v) is 15.6. The molecule has 2 aliphatic rings. The Morgan fingerprint density at radius 3 is 2.51 bits per heavy atom. The summed E-state index contributed by atoms with van der Waals surface area (Å²) in [5, 5.41) is 2.11. The number of thiazole rings is 1. The highest BCUT2D eigenvalue weighted by Gasteiger charge is 2.26. The third-order valence-electron chi connectivity index (χ3n) is 7.19. The van der Waals surface area contributed by atoms with Gasteiger partial charge in [0.1, 0.15) is 11.5 Å². The molecule has 5 rings (SSSR count). The zero-order valence-corrected chi connectivity index (χ0v) is 24.1. The number of hydrogen-bond donors (Lipinski definition) is 0.